The van der Waals surface area contributed by atoms with E-state index in [-0.39, 0.29) is 17.9 Å². The molecule has 4 heterocycles. The van der Waals surface area contributed by atoms with Crippen LogP contribution in [0.25, 0.3) is 11.8 Å². The Morgan fingerprint density at radius 1 is 1.14 bits per heavy atom. The summed E-state index contributed by atoms with van der Waals surface area (Å²) < 4.78 is 7.44. The van der Waals surface area contributed by atoms with Crippen molar-refractivity contribution in [3.05, 3.63) is 117 Å². The number of nitro benzene ring substituents is 1. The number of carbonyl (C=O) groups is 1. The molecule has 0 amide bonds. The Balaban J connectivity index is 1.58. The molecule has 1 saturated heterocycles. The average molecular weight is 615 g/mol. The van der Waals surface area contributed by atoms with Gasteiger partial charge in [0.15, 0.2) is 4.80 Å². The van der Waals surface area contributed by atoms with E-state index in [1.807, 2.05) is 47.8 Å². The lowest BCUT2D eigenvalue weighted by Gasteiger charge is -2.33. The summed E-state index contributed by atoms with van der Waals surface area (Å²) in [5.74, 6) is 0.0872. The zero-order valence-corrected chi connectivity index (χ0v) is 25.4. The minimum Gasteiger partial charge on any atom is -0.463 e. The summed E-state index contributed by atoms with van der Waals surface area (Å²) >= 11 is 2.66. The molecule has 6 rings (SSSR count). The number of hydrogen-bond donors (Lipinski definition) is 0. The molecule has 1 fully saturated rings. The molecule has 4 aromatic rings. The zero-order chi connectivity index (χ0) is 30.1. The van der Waals surface area contributed by atoms with Crippen LogP contribution >= 0.6 is 22.7 Å². The predicted octanol–water partition coefficient (Wildman–Crippen LogP) is 5.14. The Kier molecular flexibility index (Phi) is 8.09. The van der Waals surface area contributed by atoms with Crippen molar-refractivity contribution >= 4 is 51.8 Å². The first kappa shape index (κ1) is 28.8. The van der Waals surface area contributed by atoms with Crippen molar-refractivity contribution in [3.8, 4) is 0 Å². The molecule has 220 valence electrons. The Morgan fingerprint density at radius 2 is 1.91 bits per heavy atom. The van der Waals surface area contributed by atoms with E-state index in [0.29, 0.717) is 32.1 Å². The SMILES string of the molecule is CCOC(=O)C1=C(c2ccccc2)N=c2s/c(=C/c3cc([N+](=O)[O-])ccc3N3CCC(C)CC3)c(=O)n2[C@H]1c1cccs1. The molecule has 0 bridgehead atoms. The number of fused-ring (bicyclic) bond motifs is 1. The van der Waals surface area contributed by atoms with Crippen molar-refractivity contribution in [1.29, 1.82) is 0 Å². The number of thiophene rings is 1. The quantitative estimate of drug-likeness (QED) is 0.162. The summed E-state index contributed by atoms with van der Waals surface area (Å²) in [7, 11) is 0. The number of nitro groups is 1. The Morgan fingerprint density at radius 3 is 2.58 bits per heavy atom. The Labute approximate surface area is 255 Å². The third kappa shape index (κ3) is 5.57. The van der Waals surface area contributed by atoms with Crippen LogP contribution in [0.4, 0.5) is 11.4 Å². The number of non-ortho nitro benzene ring substituents is 1. The van der Waals surface area contributed by atoms with E-state index in [9.17, 15) is 19.7 Å². The predicted molar refractivity (Wildman–Crippen MR) is 169 cm³/mol. The number of thiazole rings is 1. The molecule has 0 N–H and O–H groups in total. The summed E-state index contributed by atoms with van der Waals surface area (Å²) in [6.45, 7) is 5.82. The van der Waals surface area contributed by atoms with Crippen molar-refractivity contribution in [2.75, 3.05) is 24.6 Å². The lowest BCUT2D eigenvalue weighted by atomic mass is 9.97. The minimum atomic E-state index is -0.735. The molecule has 0 aliphatic carbocycles. The number of hydrogen-bond acceptors (Lipinski definition) is 9. The summed E-state index contributed by atoms with van der Waals surface area (Å²) in [5, 5.41) is 13.6. The fourth-order valence-electron chi connectivity index (χ4n) is 5.61. The summed E-state index contributed by atoms with van der Waals surface area (Å²) in [4.78, 5) is 47.4. The number of esters is 1. The number of nitrogens with zero attached hydrogens (tertiary/aromatic N) is 4. The van der Waals surface area contributed by atoms with Crippen molar-refractivity contribution in [1.82, 2.24) is 4.57 Å². The molecular weight excluding hydrogens is 585 g/mol. The topological polar surface area (TPSA) is 107 Å². The van der Waals surface area contributed by atoms with Gasteiger partial charge in [0, 0.05) is 46.9 Å². The number of ether oxygens (including phenoxy) is 1. The lowest BCUT2D eigenvalue weighted by Crippen LogP contribution is -2.39. The van der Waals surface area contributed by atoms with Gasteiger partial charge in [0.05, 0.1) is 27.3 Å². The van der Waals surface area contributed by atoms with E-state index in [4.69, 9.17) is 9.73 Å². The van der Waals surface area contributed by atoms with Gasteiger partial charge in [-0.15, -0.1) is 11.3 Å². The minimum absolute atomic E-state index is 0.0411. The highest BCUT2D eigenvalue weighted by Crippen LogP contribution is 2.37. The maximum atomic E-state index is 14.2. The second kappa shape index (κ2) is 12.1. The van der Waals surface area contributed by atoms with E-state index in [2.05, 4.69) is 11.8 Å². The first-order valence-corrected chi connectivity index (χ1v) is 15.9. The standard InChI is InChI=1S/C32H30N4O5S2/c1-3-41-31(38)27-28(21-8-5-4-6-9-21)33-32-35(29(27)25-10-7-17-42-25)30(37)26(43-32)19-22-18-23(36(39)40)11-12-24(22)34-15-13-20(2)14-16-34/h4-12,17-20,29H,3,13-16H2,1-2H3/b26-19+/t29-/m0/s1. The van der Waals surface area contributed by atoms with Crippen LogP contribution in [0.3, 0.4) is 0 Å². The third-order valence-corrected chi connectivity index (χ3v) is 9.73. The highest BCUT2D eigenvalue weighted by atomic mass is 32.1. The molecule has 9 nitrogen and oxygen atoms in total. The molecule has 2 aliphatic heterocycles. The molecule has 0 radical (unpaired) electrons. The van der Waals surface area contributed by atoms with Gasteiger partial charge < -0.3 is 9.64 Å². The molecule has 2 aliphatic rings. The first-order valence-electron chi connectivity index (χ1n) is 14.2. The molecule has 2 aromatic heterocycles. The van der Waals surface area contributed by atoms with Crippen molar-refractivity contribution in [3.63, 3.8) is 0 Å². The first-order chi connectivity index (χ1) is 20.9. The Bertz CT molecular complexity index is 1890. The van der Waals surface area contributed by atoms with E-state index < -0.39 is 16.9 Å². The number of carbonyl (C=O) groups excluding carboxylic acids is 1. The second-order valence-corrected chi connectivity index (χ2v) is 12.6. The van der Waals surface area contributed by atoms with Gasteiger partial charge in [-0.25, -0.2) is 9.79 Å². The van der Waals surface area contributed by atoms with Crippen LogP contribution in [0.2, 0.25) is 0 Å². The third-order valence-electron chi connectivity index (χ3n) is 7.82. The van der Waals surface area contributed by atoms with Crippen LogP contribution in [0.5, 0.6) is 0 Å². The highest BCUT2D eigenvalue weighted by Gasteiger charge is 2.35. The number of piperidine rings is 1. The van der Waals surface area contributed by atoms with Crippen molar-refractivity contribution in [2.45, 2.75) is 32.7 Å². The molecule has 43 heavy (non-hydrogen) atoms. The highest BCUT2D eigenvalue weighted by molar-refractivity contribution is 7.10. The molecule has 1 atom stereocenters. The van der Waals surface area contributed by atoms with Crippen LogP contribution < -0.4 is 19.8 Å². The van der Waals surface area contributed by atoms with Gasteiger partial charge in [-0.3, -0.25) is 19.5 Å². The largest absolute Gasteiger partial charge is 0.463 e. The van der Waals surface area contributed by atoms with Crippen LogP contribution in [-0.2, 0) is 9.53 Å². The van der Waals surface area contributed by atoms with Gasteiger partial charge in [0.1, 0.15) is 6.04 Å². The van der Waals surface area contributed by atoms with Crippen LogP contribution in [0, 0.1) is 16.0 Å². The van der Waals surface area contributed by atoms with Crippen LogP contribution in [0.15, 0.2) is 81.4 Å². The number of aromatic nitrogens is 1. The summed E-state index contributed by atoms with van der Waals surface area (Å²) in [6.07, 6.45) is 3.78. The summed E-state index contributed by atoms with van der Waals surface area (Å²) in [6, 6.07) is 17.3. The van der Waals surface area contributed by atoms with E-state index in [0.717, 1.165) is 42.1 Å². The molecule has 0 unspecified atom stereocenters. The number of benzene rings is 2. The van der Waals surface area contributed by atoms with Gasteiger partial charge in [-0.05, 0) is 49.3 Å². The van der Waals surface area contributed by atoms with E-state index in [1.54, 1.807) is 23.6 Å². The zero-order valence-electron chi connectivity index (χ0n) is 23.8. The molecule has 2 aromatic carbocycles. The lowest BCUT2D eigenvalue weighted by molar-refractivity contribution is -0.384. The molecule has 0 saturated carbocycles. The normalized spacial score (nSPS) is 17.5. The maximum Gasteiger partial charge on any atom is 0.338 e. The smallest absolute Gasteiger partial charge is 0.338 e. The maximum absolute atomic E-state index is 14.2. The van der Waals surface area contributed by atoms with Gasteiger partial charge in [-0.1, -0.05) is 54.7 Å². The summed E-state index contributed by atoms with van der Waals surface area (Å²) in [5.41, 5.74) is 2.60. The van der Waals surface area contributed by atoms with Gasteiger partial charge in [-0.2, -0.15) is 0 Å². The molecule has 0 spiro atoms. The second-order valence-electron chi connectivity index (χ2n) is 10.6. The van der Waals surface area contributed by atoms with E-state index >= 15 is 0 Å². The monoisotopic (exact) mass is 614 g/mol. The van der Waals surface area contributed by atoms with Crippen LogP contribution in [0.1, 0.15) is 48.7 Å². The van der Waals surface area contributed by atoms with Gasteiger partial charge in [0.25, 0.3) is 11.2 Å². The molecule has 11 heteroatoms. The fraction of sp³-hybridized carbons (Fsp3) is 0.281. The molecular formula is C32H30N4O5S2. The van der Waals surface area contributed by atoms with E-state index in [1.165, 1.54) is 34.8 Å². The fourth-order valence-corrected chi connectivity index (χ4v) is 7.42. The van der Waals surface area contributed by atoms with Crippen molar-refractivity contribution in [2.24, 2.45) is 10.9 Å². The average Bonchev–Trinajstić information content (AvgIpc) is 3.66. The Hall–Kier alpha value is -4.35. The van der Waals surface area contributed by atoms with Gasteiger partial charge in [0.2, 0.25) is 0 Å². The number of anilines is 1. The van der Waals surface area contributed by atoms with Gasteiger partial charge >= 0.3 is 5.97 Å². The van der Waals surface area contributed by atoms with Crippen molar-refractivity contribution < 1.29 is 14.5 Å². The van der Waals surface area contributed by atoms with Crippen LogP contribution in [-0.4, -0.2) is 35.2 Å². The number of rotatable bonds is 7.